The number of ether oxygens (including phenoxy) is 1. The maximum Gasteiger partial charge on any atom is 0.350 e. The van der Waals surface area contributed by atoms with Crippen molar-refractivity contribution >= 4 is 0 Å². The van der Waals surface area contributed by atoms with E-state index in [0.29, 0.717) is 11.4 Å². The Hall–Kier alpha value is -2.09. The first kappa shape index (κ1) is 13.9. The molecule has 21 heavy (non-hydrogen) atoms. The van der Waals surface area contributed by atoms with Gasteiger partial charge in [0.15, 0.2) is 0 Å². The molecule has 0 bridgehead atoms. The van der Waals surface area contributed by atoms with Crippen LogP contribution in [0.4, 0.5) is 0 Å². The fourth-order valence-corrected chi connectivity index (χ4v) is 2.34. The number of aliphatic hydroxyl groups is 2. The molecule has 110 valence electrons. The van der Waals surface area contributed by atoms with Crippen molar-refractivity contribution in [1.29, 1.82) is 0 Å². The molecule has 3 heterocycles. The van der Waals surface area contributed by atoms with Crippen LogP contribution < -0.4 is 5.69 Å². The maximum absolute atomic E-state index is 12.1. The predicted octanol–water partition coefficient (Wildman–Crippen LogP) is -0.0540. The minimum absolute atomic E-state index is 0.246. The van der Waals surface area contributed by atoms with E-state index in [1.165, 1.54) is 4.57 Å². The fourth-order valence-electron chi connectivity index (χ4n) is 2.34. The molecule has 0 aromatic carbocycles. The summed E-state index contributed by atoms with van der Waals surface area (Å²) in [5.74, 6) is 0. The molecule has 3 rings (SSSR count). The topological polar surface area (TPSA) is 97.5 Å². The molecular formula is C14H15N3O4. The van der Waals surface area contributed by atoms with Gasteiger partial charge in [-0.2, -0.15) is 4.98 Å². The van der Waals surface area contributed by atoms with E-state index in [1.807, 2.05) is 6.07 Å². The van der Waals surface area contributed by atoms with Crippen LogP contribution in [0.15, 0.2) is 41.5 Å². The SMILES string of the molecule is O=c1nc(-c2ccccn2)ccn1[C@H]1C[C@H](O)[C@@H](CO)O1. The number of hydrogen-bond acceptors (Lipinski definition) is 6. The summed E-state index contributed by atoms with van der Waals surface area (Å²) < 4.78 is 6.75. The zero-order chi connectivity index (χ0) is 14.8. The van der Waals surface area contributed by atoms with Gasteiger partial charge in [-0.3, -0.25) is 9.55 Å². The smallest absolute Gasteiger partial charge is 0.350 e. The van der Waals surface area contributed by atoms with Gasteiger partial charge >= 0.3 is 5.69 Å². The Morgan fingerprint density at radius 3 is 2.81 bits per heavy atom. The molecule has 7 heteroatoms. The fraction of sp³-hybridized carbons (Fsp3) is 0.357. The summed E-state index contributed by atoms with van der Waals surface area (Å²) >= 11 is 0. The largest absolute Gasteiger partial charge is 0.394 e. The van der Waals surface area contributed by atoms with E-state index in [-0.39, 0.29) is 13.0 Å². The summed E-state index contributed by atoms with van der Waals surface area (Å²) in [5.41, 5.74) is 0.616. The highest BCUT2D eigenvalue weighted by Gasteiger charge is 2.34. The molecule has 1 fully saturated rings. The monoisotopic (exact) mass is 289 g/mol. The van der Waals surface area contributed by atoms with Gasteiger partial charge in [-0.1, -0.05) is 6.07 Å². The van der Waals surface area contributed by atoms with E-state index in [0.717, 1.165) is 0 Å². The van der Waals surface area contributed by atoms with E-state index < -0.39 is 24.1 Å². The lowest BCUT2D eigenvalue weighted by Gasteiger charge is -2.14. The first-order chi connectivity index (χ1) is 10.2. The van der Waals surface area contributed by atoms with E-state index in [9.17, 15) is 9.90 Å². The zero-order valence-corrected chi connectivity index (χ0v) is 11.2. The quantitative estimate of drug-likeness (QED) is 0.822. The average molecular weight is 289 g/mol. The van der Waals surface area contributed by atoms with Crippen LogP contribution in [-0.2, 0) is 4.74 Å². The van der Waals surface area contributed by atoms with Crippen LogP contribution in [0.5, 0.6) is 0 Å². The molecule has 7 nitrogen and oxygen atoms in total. The summed E-state index contributed by atoms with van der Waals surface area (Å²) in [6, 6.07) is 7.04. The lowest BCUT2D eigenvalue weighted by molar-refractivity contribution is -0.0458. The standard InChI is InChI=1S/C14H15N3O4/c18-8-12-11(19)7-13(21-12)17-6-4-10(16-14(17)20)9-3-1-2-5-15-9/h1-6,11-13,18-19H,7-8H2/t11-,12+,13+/m0/s1. The zero-order valence-electron chi connectivity index (χ0n) is 11.2. The molecule has 0 unspecified atom stereocenters. The Balaban J connectivity index is 1.88. The van der Waals surface area contributed by atoms with Crippen LogP contribution in [0.1, 0.15) is 12.6 Å². The molecular weight excluding hydrogens is 274 g/mol. The van der Waals surface area contributed by atoms with Crippen molar-refractivity contribution in [2.75, 3.05) is 6.61 Å². The second-order valence-corrected chi connectivity index (χ2v) is 4.83. The van der Waals surface area contributed by atoms with Crippen molar-refractivity contribution in [3.8, 4) is 11.4 Å². The Morgan fingerprint density at radius 1 is 1.33 bits per heavy atom. The lowest BCUT2D eigenvalue weighted by atomic mass is 10.2. The Morgan fingerprint density at radius 2 is 2.19 bits per heavy atom. The Labute approximate surface area is 120 Å². The van der Waals surface area contributed by atoms with E-state index in [1.54, 1.807) is 30.6 Å². The molecule has 0 aliphatic carbocycles. The van der Waals surface area contributed by atoms with E-state index in [4.69, 9.17) is 9.84 Å². The van der Waals surface area contributed by atoms with Gasteiger partial charge in [0, 0.05) is 18.8 Å². The van der Waals surface area contributed by atoms with E-state index >= 15 is 0 Å². The van der Waals surface area contributed by atoms with E-state index in [2.05, 4.69) is 9.97 Å². The van der Waals surface area contributed by atoms with Gasteiger partial charge < -0.3 is 14.9 Å². The summed E-state index contributed by atoms with van der Waals surface area (Å²) in [4.78, 5) is 20.2. The van der Waals surface area contributed by atoms with Crippen LogP contribution in [0.2, 0.25) is 0 Å². The van der Waals surface area contributed by atoms with Gasteiger partial charge in [-0.25, -0.2) is 4.79 Å². The van der Waals surface area contributed by atoms with Crippen LogP contribution in [0.25, 0.3) is 11.4 Å². The highest BCUT2D eigenvalue weighted by atomic mass is 16.5. The summed E-state index contributed by atoms with van der Waals surface area (Å²) in [7, 11) is 0. The normalized spacial score (nSPS) is 25.1. The maximum atomic E-state index is 12.1. The first-order valence-electron chi connectivity index (χ1n) is 6.64. The third-order valence-electron chi connectivity index (χ3n) is 3.45. The molecule has 1 aliphatic heterocycles. The second kappa shape index (κ2) is 5.72. The summed E-state index contributed by atoms with van der Waals surface area (Å²) in [5, 5.41) is 18.8. The minimum Gasteiger partial charge on any atom is -0.394 e. The van der Waals surface area contributed by atoms with Crippen molar-refractivity contribution in [3.05, 3.63) is 47.1 Å². The molecule has 0 spiro atoms. The van der Waals surface area contributed by atoms with Gasteiger partial charge in [0.2, 0.25) is 0 Å². The van der Waals surface area contributed by atoms with Crippen molar-refractivity contribution < 1.29 is 14.9 Å². The molecule has 2 N–H and O–H groups in total. The van der Waals surface area contributed by atoms with Crippen molar-refractivity contribution in [1.82, 2.24) is 14.5 Å². The third kappa shape index (κ3) is 2.71. The summed E-state index contributed by atoms with van der Waals surface area (Å²) in [6.45, 7) is -0.286. The van der Waals surface area contributed by atoms with Crippen LogP contribution >= 0.6 is 0 Å². The van der Waals surface area contributed by atoms with Crippen molar-refractivity contribution in [2.24, 2.45) is 0 Å². The molecule has 0 saturated carbocycles. The number of pyridine rings is 1. The minimum atomic E-state index is -0.789. The van der Waals surface area contributed by atoms with Crippen molar-refractivity contribution in [2.45, 2.75) is 24.9 Å². The Bertz CT molecular complexity index is 673. The number of hydrogen-bond donors (Lipinski definition) is 2. The van der Waals surface area contributed by atoms with Gasteiger partial charge in [0.1, 0.15) is 12.3 Å². The number of aromatic nitrogens is 3. The molecule has 1 aliphatic rings. The predicted molar refractivity (Wildman–Crippen MR) is 73.3 cm³/mol. The number of rotatable bonds is 3. The van der Waals surface area contributed by atoms with Gasteiger partial charge in [0.05, 0.1) is 24.1 Å². The molecule has 0 amide bonds. The first-order valence-corrected chi connectivity index (χ1v) is 6.64. The summed E-state index contributed by atoms with van der Waals surface area (Å²) in [6.07, 6.45) is 1.37. The second-order valence-electron chi connectivity index (χ2n) is 4.83. The molecule has 0 radical (unpaired) electrons. The highest BCUT2D eigenvalue weighted by Crippen LogP contribution is 2.27. The highest BCUT2D eigenvalue weighted by molar-refractivity contribution is 5.52. The Kier molecular flexibility index (Phi) is 3.78. The van der Waals surface area contributed by atoms with Gasteiger partial charge in [-0.05, 0) is 18.2 Å². The molecule has 1 saturated heterocycles. The average Bonchev–Trinajstić information content (AvgIpc) is 2.89. The van der Waals surface area contributed by atoms with Crippen LogP contribution in [-0.4, -0.2) is 43.6 Å². The molecule has 3 atom stereocenters. The number of aliphatic hydroxyl groups excluding tert-OH is 2. The lowest BCUT2D eigenvalue weighted by Crippen LogP contribution is -2.27. The van der Waals surface area contributed by atoms with Crippen LogP contribution in [0.3, 0.4) is 0 Å². The number of nitrogens with zero attached hydrogens (tertiary/aromatic N) is 3. The molecule has 2 aromatic rings. The molecule has 2 aromatic heterocycles. The van der Waals surface area contributed by atoms with Crippen molar-refractivity contribution in [3.63, 3.8) is 0 Å². The van der Waals surface area contributed by atoms with Crippen LogP contribution in [0, 0.1) is 0 Å². The van der Waals surface area contributed by atoms with Gasteiger partial charge in [-0.15, -0.1) is 0 Å². The third-order valence-corrected chi connectivity index (χ3v) is 3.45. The van der Waals surface area contributed by atoms with Gasteiger partial charge in [0.25, 0.3) is 0 Å².